The van der Waals surface area contributed by atoms with E-state index in [2.05, 4.69) is 144 Å². The molecule has 0 aromatic heterocycles. The van der Waals surface area contributed by atoms with Gasteiger partial charge in [-0.25, -0.2) is 8.93 Å². The van der Waals surface area contributed by atoms with Crippen LogP contribution in [0.4, 0.5) is 0 Å². The average Bonchev–Trinajstić information content (AvgIpc) is 3.02. The van der Waals surface area contributed by atoms with E-state index in [1.54, 1.807) is 0 Å². The minimum absolute atomic E-state index is 0.134. The number of benzene rings is 6. The Morgan fingerprint density at radius 3 is 1.67 bits per heavy atom. The molecular formula is C38H36NOPS. The largest absolute Gasteiger partial charge is 0.242 e. The van der Waals surface area contributed by atoms with E-state index in [4.69, 9.17) is 0 Å². The highest BCUT2D eigenvalue weighted by Crippen LogP contribution is 2.43. The molecule has 210 valence electrons. The van der Waals surface area contributed by atoms with Crippen molar-refractivity contribution in [3.05, 3.63) is 145 Å². The maximum atomic E-state index is 13.8. The zero-order chi connectivity index (χ0) is 29.1. The molecular weight excluding hydrogens is 549 g/mol. The fourth-order valence-corrected chi connectivity index (χ4v) is 8.98. The van der Waals surface area contributed by atoms with Crippen molar-refractivity contribution in [2.75, 3.05) is 6.16 Å². The second kappa shape index (κ2) is 12.3. The SMILES string of the molecule is CC(C)(C)[S@@](=O)N[C@H](CP(c1ccccc1)c1ccccc1)c1ccccc1-c1c2ccccc2cc2ccccc12. The van der Waals surface area contributed by atoms with Crippen LogP contribution in [0.3, 0.4) is 0 Å². The molecule has 0 amide bonds. The molecule has 0 bridgehead atoms. The van der Waals surface area contributed by atoms with Crippen LogP contribution >= 0.6 is 7.92 Å². The Bertz CT molecular complexity index is 1750. The molecule has 0 aliphatic heterocycles. The van der Waals surface area contributed by atoms with E-state index in [1.165, 1.54) is 48.8 Å². The van der Waals surface area contributed by atoms with Gasteiger partial charge in [0.05, 0.1) is 15.7 Å². The first-order valence-electron chi connectivity index (χ1n) is 14.5. The lowest BCUT2D eigenvalue weighted by Crippen LogP contribution is -2.37. The lowest BCUT2D eigenvalue weighted by Gasteiger charge is -2.30. The number of hydrogen-bond donors (Lipinski definition) is 1. The highest BCUT2D eigenvalue weighted by atomic mass is 32.2. The predicted molar refractivity (Wildman–Crippen MR) is 185 cm³/mol. The van der Waals surface area contributed by atoms with E-state index in [9.17, 15) is 4.21 Å². The van der Waals surface area contributed by atoms with E-state index < -0.39 is 23.7 Å². The van der Waals surface area contributed by atoms with Crippen LogP contribution in [0.2, 0.25) is 0 Å². The van der Waals surface area contributed by atoms with E-state index >= 15 is 0 Å². The van der Waals surface area contributed by atoms with Crippen molar-refractivity contribution < 1.29 is 4.21 Å². The normalized spacial score (nSPS) is 13.4. The summed E-state index contributed by atoms with van der Waals surface area (Å²) in [5.74, 6) is 0. The molecule has 0 heterocycles. The van der Waals surface area contributed by atoms with Crippen LogP contribution in [0.1, 0.15) is 32.4 Å². The number of rotatable bonds is 8. The van der Waals surface area contributed by atoms with Gasteiger partial charge in [0, 0.05) is 6.04 Å². The van der Waals surface area contributed by atoms with Gasteiger partial charge < -0.3 is 0 Å². The Morgan fingerprint density at radius 2 is 1.12 bits per heavy atom. The first-order chi connectivity index (χ1) is 20.4. The van der Waals surface area contributed by atoms with Gasteiger partial charge in [-0.05, 0) is 89.8 Å². The minimum Gasteiger partial charge on any atom is -0.242 e. The summed E-state index contributed by atoms with van der Waals surface area (Å²) in [6.07, 6.45) is 0.824. The third kappa shape index (κ3) is 5.96. The third-order valence-corrected chi connectivity index (χ3v) is 11.9. The summed E-state index contributed by atoms with van der Waals surface area (Å²) in [5, 5.41) is 7.54. The molecule has 1 N–H and O–H groups in total. The highest BCUT2D eigenvalue weighted by molar-refractivity contribution is 7.84. The summed E-state index contributed by atoms with van der Waals surface area (Å²) in [6.45, 7) is 6.11. The van der Waals surface area contributed by atoms with Crippen molar-refractivity contribution in [3.8, 4) is 11.1 Å². The summed E-state index contributed by atoms with van der Waals surface area (Å²) in [6, 6.07) is 49.8. The van der Waals surface area contributed by atoms with Gasteiger partial charge in [0.1, 0.15) is 0 Å². The average molecular weight is 586 g/mol. The van der Waals surface area contributed by atoms with Gasteiger partial charge in [0.15, 0.2) is 0 Å². The van der Waals surface area contributed by atoms with Crippen LogP contribution in [-0.2, 0) is 11.0 Å². The second-order valence-electron chi connectivity index (χ2n) is 11.6. The standard InChI is InChI=1S/C38H36NOPS/c1-38(2,3)42(40)39-36(27-41(30-18-6-4-7-19-30)31-20-8-5-9-21-31)34-24-14-15-25-35(34)37-32-22-12-10-16-28(32)26-29-17-11-13-23-33(29)37/h4-26,36,39H,27H2,1-3H3/t36-,42-/m1/s1. The van der Waals surface area contributed by atoms with Gasteiger partial charge in [-0.3, -0.25) is 0 Å². The predicted octanol–water partition coefficient (Wildman–Crippen LogP) is 8.89. The molecule has 0 saturated carbocycles. The molecule has 0 radical (unpaired) electrons. The summed E-state index contributed by atoms with van der Waals surface area (Å²) >= 11 is 0. The summed E-state index contributed by atoms with van der Waals surface area (Å²) in [4.78, 5) is 0. The number of nitrogens with one attached hydrogen (secondary N) is 1. The van der Waals surface area contributed by atoms with Gasteiger partial charge >= 0.3 is 0 Å². The Kier molecular flexibility index (Phi) is 8.36. The van der Waals surface area contributed by atoms with E-state index in [1.807, 2.05) is 20.8 Å². The second-order valence-corrected chi connectivity index (χ2v) is 15.9. The highest BCUT2D eigenvalue weighted by Gasteiger charge is 2.29. The van der Waals surface area contributed by atoms with Crippen molar-refractivity contribution in [1.29, 1.82) is 0 Å². The molecule has 4 heteroatoms. The van der Waals surface area contributed by atoms with Crippen molar-refractivity contribution in [1.82, 2.24) is 4.72 Å². The molecule has 0 spiro atoms. The van der Waals surface area contributed by atoms with Crippen molar-refractivity contribution >= 4 is 51.1 Å². The summed E-state index contributed by atoms with van der Waals surface area (Å²) in [7, 11) is -1.98. The third-order valence-electron chi connectivity index (χ3n) is 7.68. The molecule has 6 aromatic carbocycles. The number of hydrogen-bond acceptors (Lipinski definition) is 1. The fourth-order valence-electron chi connectivity index (χ4n) is 5.60. The lowest BCUT2D eigenvalue weighted by molar-refractivity contribution is 0.618. The fraction of sp³-hybridized carbons (Fsp3) is 0.158. The lowest BCUT2D eigenvalue weighted by atomic mass is 9.88. The van der Waals surface area contributed by atoms with E-state index in [-0.39, 0.29) is 6.04 Å². The van der Waals surface area contributed by atoms with Crippen LogP contribution in [0, 0.1) is 0 Å². The zero-order valence-electron chi connectivity index (χ0n) is 24.3. The van der Waals surface area contributed by atoms with Gasteiger partial charge in [0.25, 0.3) is 0 Å². The molecule has 0 saturated heterocycles. The minimum atomic E-state index is -1.26. The Labute approximate surface area is 253 Å². The molecule has 2 nitrogen and oxygen atoms in total. The molecule has 6 rings (SSSR count). The quantitative estimate of drug-likeness (QED) is 0.140. The molecule has 42 heavy (non-hydrogen) atoms. The first kappa shape index (κ1) is 28.5. The van der Waals surface area contributed by atoms with Gasteiger partial charge in [0.2, 0.25) is 0 Å². The maximum Gasteiger partial charge on any atom is 0.0976 e. The molecule has 6 aromatic rings. The molecule has 2 atom stereocenters. The van der Waals surface area contributed by atoms with Crippen LogP contribution in [0.15, 0.2) is 140 Å². The van der Waals surface area contributed by atoms with Crippen LogP contribution in [0.5, 0.6) is 0 Å². The van der Waals surface area contributed by atoms with Crippen LogP contribution in [-0.4, -0.2) is 15.1 Å². The van der Waals surface area contributed by atoms with Gasteiger partial charge in [-0.15, -0.1) is 0 Å². The Balaban J connectivity index is 1.56. The topological polar surface area (TPSA) is 29.1 Å². The summed E-state index contributed by atoms with van der Waals surface area (Å²) in [5.41, 5.74) is 3.59. The molecule has 0 fully saturated rings. The first-order valence-corrected chi connectivity index (χ1v) is 17.1. The Morgan fingerprint density at radius 1 is 0.643 bits per heavy atom. The number of fused-ring (bicyclic) bond motifs is 2. The van der Waals surface area contributed by atoms with Gasteiger partial charge in [-0.2, -0.15) is 0 Å². The van der Waals surface area contributed by atoms with Crippen LogP contribution in [0.25, 0.3) is 32.7 Å². The maximum absolute atomic E-state index is 13.8. The van der Waals surface area contributed by atoms with E-state index in [0.717, 1.165) is 6.16 Å². The van der Waals surface area contributed by atoms with Gasteiger partial charge in [-0.1, -0.05) is 133 Å². The Hall–Kier alpha value is -3.62. The molecule has 0 aliphatic rings. The molecule has 0 unspecified atom stereocenters. The van der Waals surface area contributed by atoms with Crippen molar-refractivity contribution in [2.45, 2.75) is 31.6 Å². The van der Waals surface area contributed by atoms with Crippen LogP contribution < -0.4 is 15.3 Å². The smallest absolute Gasteiger partial charge is 0.0976 e. The monoisotopic (exact) mass is 585 g/mol. The van der Waals surface area contributed by atoms with Crippen molar-refractivity contribution in [3.63, 3.8) is 0 Å². The summed E-state index contributed by atoms with van der Waals surface area (Å²) < 4.78 is 17.0. The molecule has 0 aliphatic carbocycles. The van der Waals surface area contributed by atoms with Crippen molar-refractivity contribution in [2.24, 2.45) is 0 Å². The van der Waals surface area contributed by atoms with E-state index in [0.29, 0.717) is 0 Å². The zero-order valence-corrected chi connectivity index (χ0v) is 26.0.